The summed E-state index contributed by atoms with van der Waals surface area (Å²) in [7, 11) is 0. The van der Waals surface area contributed by atoms with Crippen LogP contribution in [0.1, 0.15) is 51.2 Å². The number of rotatable bonds is 4. The molecule has 0 bridgehead atoms. The van der Waals surface area contributed by atoms with Gasteiger partial charge in [-0.05, 0) is 66.6 Å². The van der Waals surface area contributed by atoms with Crippen molar-refractivity contribution in [3.63, 3.8) is 0 Å². The van der Waals surface area contributed by atoms with Gasteiger partial charge in [0.1, 0.15) is 5.58 Å². The fourth-order valence-electron chi connectivity index (χ4n) is 5.70. The van der Waals surface area contributed by atoms with Crippen molar-refractivity contribution in [1.82, 2.24) is 9.80 Å². The van der Waals surface area contributed by atoms with Gasteiger partial charge in [-0.2, -0.15) is 0 Å². The molecule has 2 aliphatic rings. The van der Waals surface area contributed by atoms with E-state index in [1.807, 2.05) is 35.2 Å². The van der Waals surface area contributed by atoms with Crippen LogP contribution >= 0.6 is 0 Å². The number of carbonyl (C=O) groups excluding carboxylic acids is 1. The Hall–Kier alpha value is -3.41. The maximum atomic E-state index is 13.2. The molecule has 0 aliphatic carbocycles. The average molecular weight is 481 g/mol. The molecule has 2 aliphatic heterocycles. The third-order valence-electron chi connectivity index (χ3n) is 7.85. The molecule has 3 heterocycles. The van der Waals surface area contributed by atoms with Gasteiger partial charge in [0.25, 0.3) is 5.91 Å². The van der Waals surface area contributed by atoms with Gasteiger partial charge in [-0.25, -0.2) is 0 Å². The average Bonchev–Trinajstić information content (AvgIpc) is 3.33. The van der Waals surface area contributed by atoms with E-state index in [9.17, 15) is 9.90 Å². The van der Waals surface area contributed by atoms with E-state index >= 15 is 0 Å². The molecule has 0 unspecified atom stereocenters. The predicted molar refractivity (Wildman–Crippen MR) is 141 cm³/mol. The van der Waals surface area contributed by atoms with Gasteiger partial charge in [-0.15, -0.1) is 0 Å². The first kappa shape index (κ1) is 23.0. The number of hydrogen-bond donors (Lipinski definition) is 1. The summed E-state index contributed by atoms with van der Waals surface area (Å²) >= 11 is 0. The second-order valence-corrected chi connectivity index (χ2v) is 10.4. The maximum absolute atomic E-state index is 13.2. The number of likely N-dealkylation sites (tertiary alicyclic amines) is 1. The molecule has 1 fully saturated rings. The van der Waals surface area contributed by atoms with E-state index in [1.165, 1.54) is 22.3 Å². The summed E-state index contributed by atoms with van der Waals surface area (Å²) in [6.07, 6.45) is 2.22. The molecule has 0 radical (unpaired) electrons. The number of fused-ring (bicyclic) bond motifs is 2. The highest BCUT2D eigenvalue weighted by Crippen LogP contribution is 2.35. The molecule has 184 valence electrons. The number of piperidine rings is 1. The molecule has 3 aromatic carbocycles. The van der Waals surface area contributed by atoms with Crippen LogP contribution in [0.5, 0.6) is 0 Å². The fraction of sp³-hybridized carbons (Fsp3) is 0.323. The zero-order chi connectivity index (χ0) is 24.7. The normalized spacial score (nSPS) is 17.8. The summed E-state index contributed by atoms with van der Waals surface area (Å²) in [6.45, 7) is 6.01. The summed E-state index contributed by atoms with van der Waals surface area (Å²) in [5.74, 6) is 0.284. The van der Waals surface area contributed by atoms with Crippen LogP contribution in [0.25, 0.3) is 11.0 Å². The lowest BCUT2D eigenvalue weighted by Gasteiger charge is -2.38. The molecule has 1 N–H and O–H groups in total. The van der Waals surface area contributed by atoms with Crippen LogP contribution in [-0.4, -0.2) is 40.4 Å². The molecule has 36 heavy (non-hydrogen) atoms. The van der Waals surface area contributed by atoms with Crippen molar-refractivity contribution in [3.05, 3.63) is 106 Å². The quantitative estimate of drug-likeness (QED) is 0.424. The van der Waals surface area contributed by atoms with Gasteiger partial charge in [0.15, 0.2) is 5.76 Å². The first-order valence-corrected chi connectivity index (χ1v) is 12.9. The molecule has 1 amide bonds. The van der Waals surface area contributed by atoms with Gasteiger partial charge in [-0.3, -0.25) is 9.69 Å². The zero-order valence-electron chi connectivity index (χ0n) is 20.7. The van der Waals surface area contributed by atoms with Crippen molar-refractivity contribution >= 4 is 16.9 Å². The first-order chi connectivity index (χ1) is 17.5. The highest BCUT2D eigenvalue weighted by Gasteiger charge is 2.34. The van der Waals surface area contributed by atoms with Gasteiger partial charge in [0.05, 0.1) is 5.60 Å². The van der Waals surface area contributed by atoms with E-state index in [1.54, 1.807) is 0 Å². The Morgan fingerprint density at radius 3 is 2.56 bits per heavy atom. The summed E-state index contributed by atoms with van der Waals surface area (Å²) in [4.78, 5) is 17.5. The van der Waals surface area contributed by atoms with Crippen molar-refractivity contribution in [3.8, 4) is 0 Å². The Morgan fingerprint density at radius 2 is 1.75 bits per heavy atom. The number of aryl methyl sites for hydroxylation is 1. The van der Waals surface area contributed by atoms with Crippen LogP contribution in [0.2, 0.25) is 0 Å². The standard InChI is InChI=1S/C31H32N2O3/c1-22-5-4-6-23(17-22)20-32-15-12-31(35,13-16-32)27-9-10-28-26(18-27)19-29(36-28)30(34)33-14-11-24-7-2-3-8-25(24)21-33/h2-10,17-19,35H,11-16,20-21H2,1H3. The van der Waals surface area contributed by atoms with Gasteiger partial charge < -0.3 is 14.4 Å². The van der Waals surface area contributed by atoms with Crippen molar-refractivity contribution in [2.24, 2.45) is 0 Å². The molecule has 1 saturated heterocycles. The van der Waals surface area contributed by atoms with E-state index < -0.39 is 5.60 Å². The number of carbonyl (C=O) groups is 1. The number of benzene rings is 3. The molecule has 4 aromatic rings. The van der Waals surface area contributed by atoms with Gasteiger partial charge >= 0.3 is 0 Å². The van der Waals surface area contributed by atoms with Crippen molar-refractivity contribution in [2.75, 3.05) is 19.6 Å². The van der Waals surface area contributed by atoms with Crippen molar-refractivity contribution in [2.45, 2.75) is 44.9 Å². The Kier molecular flexibility index (Phi) is 5.90. The second-order valence-electron chi connectivity index (χ2n) is 10.4. The predicted octanol–water partition coefficient (Wildman–Crippen LogP) is 5.42. The number of amides is 1. The Bertz CT molecular complexity index is 1410. The molecular formula is C31H32N2O3. The van der Waals surface area contributed by atoms with E-state index in [4.69, 9.17) is 4.42 Å². The minimum atomic E-state index is -0.866. The van der Waals surface area contributed by atoms with Crippen LogP contribution < -0.4 is 0 Å². The number of nitrogens with zero attached hydrogens (tertiary/aromatic N) is 2. The molecule has 1 aromatic heterocycles. The Balaban J connectivity index is 1.15. The maximum Gasteiger partial charge on any atom is 0.289 e. The summed E-state index contributed by atoms with van der Waals surface area (Å²) in [5.41, 5.74) is 5.82. The molecule has 6 rings (SSSR count). The van der Waals surface area contributed by atoms with Gasteiger partial charge in [-0.1, -0.05) is 60.2 Å². The number of furan rings is 1. The third kappa shape index (κ3) is 4.45. The Morgan fingerprint density at radius 1 is 0.944 bits per heavy atom. The minimum Gasteiger partial charge on any atom is -0.451 e. The first-order valence-electron chi connectivity index (χ1n) is 12.9. The van der Waals surface area contributed by atoms with Crippen LogP contribution in [0.4, 0.5) is 0 Å². The van der Waals surface area contributed by atoms with Crippen molar-refractivity contribution < 1.29 is 14.3 Å². The van der Waals surface area contributed by atoms with Crippen LogP contribution in [0.3, 0.4) is 0 Å². The van der Waals surface area contributed by atoms with E-state index in [2.05, 4.69) is 54.3 Å². The monoisotopic (exact) mass is 480 g/mol. The smallest absolute Gasteiger partial charge is 0.289 e. The lowest BCUT2D eigenvalue weighted by Crippen LogP contribution is -2.42. The van der Waals surface area contributed by atoms with Gasteiger partial charge in [0, 0.05) is 38.1 Å². The third-order valence-corrected chi connectivity index (χ3v) is 7.85. The highest BCUT2D eigenvalue weighted by atomic mass is 16.3. The summed E-state index contributed by atoms with van der Waals surface area (Å²) < 4.78 is 5.96. The SMILES string of the molecule is Cc1cccc(CN2CCC(O)(c3ccc4oc(C(=O)N5CCc6ccccc6C5)cc4c3)CC2)c1. The molecule has 5 nitrogen and oxygen atoms in total. The van der Waals surface area contributed by atoms with Gasteiger partial charge in [0.2, 0.25) is 0 Å². The molecule has 5 heteroatoms. The second kappa shape index (κ2) is 9.23. The van der Waals surface area contributed by atoms with E-state index in [0.29, 0.717) is 37.3 Å². The molecular weight excluding hydrogens is 448 g/mol. The van der Waals surface area contributed by atoms with Crippen LogP contribution in [0.15, 0.2) is 77.2 Å². The van der Waals surface area contributed by atoms with Crippen LogP contribution in [-0.2, 0) is 25.1 Å². The molecule has 0 spiro atoms. The number of hydrogen-bond acceptors (Lipinski definition) is 4. The van der Waals surface area contributed by atoms with E-state index in [-0.39, 0.29) is 5.91 Å². The topological polar surface area (TPSA) is 56.9 Å². The summed E-state index contributed by atoms with van der Waals surface area (Å²) in [5, 5.41) is 12.4. The number of aliphatic hydroxyl groups is 1. The summed E-state index contributed by atoms with van der Waals surface area (Å²) in [6, 6.07) is 24.6. The lowest BCUT2D eigenvalue weighted by atomic mass is 9.84. The minimum absolute atomic E-state index is 0.0783. The zero-order valence-corrected chi connectivity index (χ0v) is 20.7. The van der Waals surface area contributed by atoms with E-state index in [0.717, 1.165) is 37.0 Å². The fourth-order valence-corrected chi connectivity index (χ4v) is 5.70. The van der Waals surface area contributed by atoms with Crippen LogP contribution in [0, 0.1) is 6.92 Å². The highest BCUT2D eigenvalue weighted by molar-refractivity contribution is 5.96. The molecule has 0 saturated carbocycles. The molecule has 0 atom stereocenters. The lowest BCUT2D eigenvalue weighted by molar-refractivity contribution is -0.0276. The Labute approximate surface area is 211 Å². The largest absolute Gasteiger partial charge is 0.451 e. The van der Waals surface area contributed by atoms with Crippen molar-refractivity contribution in [1.29, 1.82) is 0 Å².